The lowest BCUT2D eigenvalue weighted by Gasteiger charge is -2.08. The molecule has 0 atom stereocenters. The summed E-state index contributed by atoms with van der Waals surface area (Å²) in [6, 6.07) is 10.7. The molecule has 0 fully saturated rings. The number of aryl methyl sites for hydroxylation is 2. The smallest absolute Gasteiger partial charge is 0.161 e. The molecular formula is C16H12ClFN2. The predicted molar refractivity (Wildman–Crippen MR) is 79.4 cm³/mol. The Labute approximate surface area is 121 Å². The fourth-order valence-electron chi connectivity index (χ4n) is 2.18. The Bertz CT molecular complexity index is 815. The summed E-state index contributed by atoms with van der Waals surface area (Å²) in [4.78, 5) is 8.64. The van der Waals surface area contributed by atoms with Gasteiger partial charge in [0.1, 0.15) is 16.5 Å². The molecule has 0 aliphatic rings. The maximum Gasteiger partial charge on any atom is 0.161 e. The van der Waals surface area contributed by atoms with E-state index in [4.69, 9.17) is 11.6 Å². The van der Waals surface area contributed by atoms with E-state index in [1.165, 1.54) is 6.07 Å². The van der Waals surface area contributed by atoms with Crippen LogP contribution in [-0.2, 0) is 0 Å². The van der Waals surface area contributed by atoms with E-state index in [1.807, 2.05) is 32.0 Å². The minimum absolute atomic E-state index is 0.253. The number of nitrogens with zero attached hydrogens (tertiary/aromatic N) is 2. The van der Waals surface area contributed by atoms with Crippen molar-refractivity contribution in [3.8, 4) is 11.4 Å². The average molecular weight is 287 g/mol. The molecule has 0 amide bonds. The lowest BCUT2D eigenvalue weighted by molar-refractivity contribution is 0.636. The molecule has 0 saturated carbocycles. The summed E-state index contributed by atoms with van der Waals surface area (Å²) in [6.07, 6.45) is 0. The third-order valence-electron chi connectivity index (χ3n) is 3.26. The third-order valence-corrected chi connectivity index (χ3v) is 3.55. The molecule has 0 spiro atoms. The molecule has 0 aliphatic carbocycles. The van der Waals surface area contributed by atoms with Crippen molar-refractivity contribution < 1.29 is 4.39 Å². The van der Waals surface area contributed by atoms with Crippen molar-refractivity contribution in [3.63, 3.8) is 0 Å². The van der Waals surface area contributed by atoms with Gasteiger partial charge >= 0.3 is 0 Å². The quantitative estimate of drug-likeness (QED) is 0.606. The van der Waals surface area contributed by atoms with Crippen LogP contribution in [0, 0.1) is 19.7 Å². The highest BCUT2D eigenvalue weighted by atomic mass is 35.5. The lowest BCUT2D eigenvalue weighted by Crippen LogP contribution is -1.96. The second kappa shape index (κ2) is 4.84. The van der Waals surface area contributed by atoms with E-state index in [0.717, 1.165) is 16.7 Å². The second-order valence-corrected chi connectivity index (χ2v) is 5.15. The molecule has 20 heavy (non-hydrogen) atoms. The van der Waals surface area contributed by atoms with Crippen molar-refractivity contribution in [2.24, 2.45) is 0 Å². The molecule has 3 rings (SSSR count). The van der Waals surface area contributed by atoms with Gasteiger partial charge in [-0.2, -0.15) is 0 Å². The Morgan fingerprint density at radius 2 is 1.85 bits per heavy atom. The average Bonchev–Trinajstić information content (AvgIpc) is 2.42. The number of halogens is 2. The van der Waals surface area contributed by atoms with E-state index in [2.05, 4.69) is 9.97 Å². The number of hydrogen-bond acceptors (Lipinski definition) is 2. The Morgan fingerprint density at radius 1 is 1.05 bits per heavy atom. The minimum atomic E-state index is -0.390. The molecule has 0 aliphatic heterocycles. The zero-order valence-electron chi connectivity index (χ0n) is 11.1. The van der Waals surface area contributed by atoms with Crippen LogP contribution in [0.5, 0.6) is 0 Å². The van der Waals surface area contributed by atoms with Gasteiger partial charge in [0.25, 0.3) is 0 Å². The molecule has 2 aromatic carbocycles. The summed E-state index contributed by atoms with van der Waals surface area (Å²) < 4.78 is 13.9. The van der Waals surface area contributed by atoms with E-state index in [9.17, 15) is 4.39 Å². The van der Waals surface area contributed by atoms with Crippen LogP contribution >= 0.6 is 11.6 Å². The molecule has 1 aromatic heterocycles. The Kier molecular flexibility index (Phi) is 3.14. The highest BCUT2D eigenvalue weighted by Gasteiger charge is 2.12. The zero-order chi connectivity index (χ0) is 14.3. The first-order valence-electron chi connectivity index (χ1n) is 6.25. The van der Waals surface area contributed by atoms with Crippen molar-refractivity contribution in [1.29, 1.82) is 0 Å². The highest BCUT2D eigenvalue weighted by molar-refractivity contribution is 6.34. The molecule has 0 radical (unpaired) electrons. The summed E-state index contributed by atoms with van der Waals surface area (Å²) in [7, 11) is 0. The molecule has 4 heteroatoms. The second-order valence-electron chi connectivity index (χ2n) is 4.79. The van der Waals surface area contributed by atoms with Gasteiger partial charge in [-0.15, -0.1) is 0 Å². The predicted octanol–water partition coefficient (Wildman–Crippen LogP) is 4.71. The first-order chi connectivity index (χ1) is 9.56. The first-order valence-corrected chi connectivity index (χ1v) is 6.63. The largest absolute Gasteiger partial charge is 0.225 e. The summed E-state index contributed by atoms with van der Waals surface area (Å²) in [5, 5.41) is 0.797. The van der Waals surface area contributed by atoms with Crippen molar-refractivity contribution in [2.75, 3.05) is 0 Å². The normalized spacial score (nSPS) is 11.0. The first kappa shape index (κ1) is 13.0. The molecule has 1 heterocycles. The number of para-hydroxylation sites is 1. The fraction of sp³-hybridized carbons (Fsp3) is 0.125. The number of benzene rings is 2. The zero-order valence-corrected chi connectivity index (χ0v) is 11.9. The van der Waals surface area contributed by atoms with Crippen LogP contribution in [0.25, 0.3) is 22.3 Å². The molecule has 0 N–H and O–H groups in total. The summed E-state index contributed by atoms with van der Waals surface area (Å²) in [6.45, 7) is 3.96. The summed E-state index contributed by atoms with van der Waals surface area (Å²) >= 11 is 6.16. The Morgan fingerprint density at radius 3 is 2.65 bits per heavy atom. The molecular weight excluding hydrogens is 275 g/mol. The van der Waals surface area contributed by atoms with E-state index >= 15 is 0 Å². The van der Waals surface area contributed by atoms with Crippen LogP contribution < -0.4 is 0 Å². The van der Waals surface area contributed by atoms with Crippen LogP contribution in [0.1, 0.15) is 11.1 Å². The molecule has 0 saturated heterocycles. The SMILES string of the molecule is Cc1ccc(C)c(-c2nc(Cl)c3cccc(F)c3n2)c1. The van der Waals surface area contributed by atoms with E-state index < -0.39 is 5.82 Å². The topological polar surface area (TPSA) is 25.8 Å². The molecule has 0 bridgehead atoms. The van der Waals surface area contributed by atoms with Crippen molar-refractivity contribution >= 4 is 22.5 Å². The van der Waals surface area contributed by atoms with Crippen LogP contribution in [0.3, 0.4) is 0 Å². The summed E-state index contributed by atoms with van der Waals surface area (Å²) in [5.74, 6) is 0.0622. The Balaban J connectivity index is 2.32. The maximum absolute atomic E-state index is 13.9. The van der Waals surface area contributed by atoms with Crippen molar-refractivity contribution in [3.05, 3.63) is 58.5 Å². The molecule has 100 valence electrons. The van der Waals surface area contributed by atoms with E-state index in [-0.39, 0.29) is 10.7 Å². The minimum Gasteiger partial charge on any atom is -0.225 e. The third kappa shape index (κ3) is 2.14. The summed E-state index contributed by atoms with van der Waals surface area (Å²) in [5.41, 5.74) is 3.25. The van der Waals surface area contributed by atoms with Crippen molar-refractivity contribution in [1.82, 2.24) is 9.97 Å². The molecule has 0 unspecified atom stereocenters. The number of fused-ring (bicyclic) bond motifs is 1. The lowest BCUT2D eigenvalue weighted by atomic mass is 10.0. The van der Waals surface area contributed by atoms with Gasteiger partial charge in [-0.1, -0.05) is 35.4 Å². The number of aromatic nitrogens is 2. The maximum atomic E-state index is 13.9. The van der Waals surface area contributed by atoms with Gasteiger partial charge in [0, 0.05) is 10.9 Å². The van der Waals surface area contributed by atoms with Gasteiger partial charge in [-0.3, -0.25) is 0 Å². The van der Waals surface area contributed by atoms with Gasteiger partial charge in [0.15, 0.2) is 5.82 Å². The van der Waals surface area contributed by atoms with Gasteiger partial charge in [-0.05, 0) is 37.6 Å². The van der Waals surface area contributed by atoms with Crippen LogP contribution in [0.4, 0.5) is 4.39 Å². The standard InChI is InChI=1S/C16H12ClFN2/c1-9-6-7-10(2)12(8-9)16-19-14-11(15(17)20-16)4-3-5-13(14)18/h3-8H,1-2H3. The highest BCUT2D eigenvalue weighted by Crippen LogP contribution is 2.28. The molecule has 3 aromatic rings. The molecule has 2 nitrogen and oxygen atoms in total. The Hall–Kier alpha value is -2.00. The number of hydrogen-bond donors (Lipinski definition) is 0. The van der Waals surface area contributed by atoms with E-state index in [1.54, 1.807) is 12.1 Å². The van der Waals surface area contributed by atoms with Crippen LogP contribution in [0.2, 0.25) is 5.15 Å². The van der Waals surface area contributed by atoms with Gasteiger partial charge in [0.2, 0.25) is 0 Å². The van der Waals surface area contributed by atoms with Gasteiger partial charge < -0.3 is 0 Å². The van der Waals surface area contributed by atoms with E-state index in [0.29, 0.717) is 11.2 Å². The number of rotatable bonds is 1. The van der Waals surface area contributed by atoms with Gasteiger partial charge in [0.05, 0.1) is 0 Å². The monoisotopic (exact) mass is 286 g/mol. The fourth-order valence-corrected chi connectivity index (χ4v) is 2.41. The van der Waals surface area contributed by atoms with Gasteiger partial charge in [-0.25, -0.2) is 14.4 Å². The van der Waals surface area contributed by atoms with Crippen LogP contribution in [-0.4, -0.2) is 9.97 Å². The van der Waals surface area contributed by atoms with Crippen molar-refractivity contribution in [2.45, 2.75) is 13.8 Å². The van der Waals surface area contributed by atoms with Crippen LogP contribution in [0.15, 0.2) is 36.4 Å².